The lowest BCUT2D eigenvalue weighted by Gasteiger charge is -2.47. The fourth-order valence-electron chi connectivity index (χ4n) is 3.59. The Balaban J connectivity index is 1.82. The van der Waals surface area contributed by atoms with Crippen LogP contribution in [0.25, 0.3) is 0 Å². The highest BCUT2D eigenvalue weighted by atomic mass is 35.5. The van der Waals surface area contributed by atoms with E-state index in [1.807, 2.05) is 6.07 Å². The molecule has 104 valence electrons. The average molecular weight is 279 g/mol. The molecule has 2 nitrogen and oxygen atoms in total. The molecule has 0 atom stereocenters. The first-order valence-corrected chi connectivity index (χ1v) is 7.83. The van der Waals surface area contributed by atoms with E-state index < -0.39 is 0 Å². The van der Waals surface area contributed by atoms with Crippen LogP contribution in [0.4, 0.5) is 5.69 Å². The topological polar surface area (TPSA) is 15.3 Å². The third-order valence-electron chi connectivity index (χ3n) is 4.63. The van der Waals surface area contributed by atoms with Crippen molar-refractivity contribution in [2.24, 2.45) is 0 Å². The molecule has 1 aromatic rings. The van der Waals surface area contributed by atoms with Gasteiger partial charge in [-0.15, -0.1) is 0 Å². The van der Waals surface area contributed by atoms with Crippen LogP contribution in [-0.4, -0.2) is 25.2 Å². The summed E-state index contributed by atoms with van der Waals surface area (Å²) in [7, 11) is 0. The zero-order valence-electron chi connectivity index (χ0n) is 11.7. The van der Waals surface area contributed by atoms with Crippen LogP contribution in [0.1, 0.15) is 37.7 Å². The molecule has 0 amide bonds. The van der Waals surface area contributed by atoms with Gasteiger partial charge in [0.15, 0.2) is 0 Å². The number of halogens is 1. The van der Waals surface area contributed by atoms with Gasteiger partial charge in [-0.25, -0.2) is 0 Å². The minimum Gasteiger partial charge on any atom is -0.367 e. The van der Waals surface area contributed by atoms with Gasteiger partial charge in [0.25, 0.3) is 0 Å². The highest BCUT2D eigenvalue weighted by molar-refractivity contribution is 6.33. The van der Waals surface area contributed by atoms with Crippen LogP contribution in [0.2, 0.25) is 5.02 Å². The normalized spacial score (nSPS) is 22.7. The van der Waals surface area contributed by atoms with Crippen LogP contribution < -0.4 is 10.2 Å². The molecule has 0 unspecified atom stereocenters. The molecular weight excluding hydrogens is 256 g/mol. The van der Waals surface area contributed by atoms with Crippen molar-refractivity contribution >= 4 is 17.3 Å². The van der Waals surface area contributed by atoms with E-state index in [1.165, 1.54) is 43.4 Å². The molecule has 1 saturated heterocycles. The number of rotatable bonds is 1. The Bertz CT molecular complexity index is 447. The first-order valence-electron chi connectivity index (χ1n) is 7.45. The minimum absolute atomic E-state index is 0.337. The number of nitrogens with zero attached hydrogens (tertiary/aromatic N) is 1. The molecule has 1 spiro atoms. The second-order valence-electron chi connectivity index (χ2n) is 6.14. The van der Waals surface area contributed by atoms with Gasteiger partial charge < -0.3 is 10.2 Å². The molecule has 3 rings (SSSR count). The number of aryl methyl sites for hydroxylation is 1. The van der Waals surface area contributed by atoms with Crippen molar-refractivity contribution in [3.8, 4) is 0 Å². The van der Waals surface area contributed by atoms with E-state index in [0.29, 0.717) is 5.54 Å². The van der Waals surface area contributed by atoms with E-state index in [4.69, 9.17) is 11.6 Å². The third-order valence-corrected chi connectivity index (χ3v) is 4.95. The first kappa shape index (κ1) is 13.3. The number of benzene rings is 1. The lowest BCUT2D eigenvalue weighted by atomic mass is 9.80. The molecule has 1 saturated carbocycles. The van der Waals surface area contributed by atoms with Gasteiger partial charge in [0, 0.05) is 25.2 Å². The SMILES string of the molecule is Cc1ccc(Cl)c(N2CCNC3(CCCCC3)C2)c1. The standard InChI is InChI=1S/C16H23ClN2/c1-13-5-6-14(17)15(11-13)19-10-9-18-16(12-19)7-3-2-4-8-16/h5-6,11,18H,2-4,7-10,12H2,1H3. The summed E-state index contributed by atoms with van der Waals surface area (Å²) in [6.07, 6.45) is 6.75. The fourth-order valence-corrected chi connectivity index (χ4v) is 3.83. The van der Waals surface area contributed by atoms with E-state index in [9.17, 15) is 0 Å². The van der Waals surface area contributed by atoms with Gasteiger partial charge in [0.2, 0.25) is 0 Å². The Morgan fingerprint density at radius 1 is 1.21 bits per heavy atom. The lowest BCUT2D eigenvalue weighted by molar-refractivity contribution is 0.216. The van der Waals surface area contributed by atoms with Crippen molar-refractivity contribution in [3.05, 3.63) is 28.8 Å². The number of hydrogen-bond donors (Lipinski definition) is 1. The van der Waals surface area contributed by atoms with Crippen LogP contribution >= 0.6 is 11.6 Å². The van der Waals surface area contributed by atoms with Gasteiger partial charge in [-0.05, 0) is 37.5 Å². The Morgan fingerprint density at radius 3 is 2.79 bits per heavy atom. The Labute approximate surface area is 121 Å². The van der Waals surface area contributed by atoms with Gasteiger partial charge in [-0.3, -0.25) is 0 Å². The maximum Gasteiger partial charge on any atom is 0.0639 e. The molecule has 0 radical (unpaired) electrons. The largest absolute Gasteiger partial charge is 0.367 e. The Kier molecular flexibility index (Phi) is 3.72. The summed E-state index contributed by atoms with van der Waals surface area (Å²) in [5.74, 6) is 0. The predicted octanol–water partition coefficient (Wildman–Crippen LogP) is 3.76. The smallest absolute Gasteiger partial charge is 0.0639 e. The van der Waals surface area contributed by atoms with Crippen LogP contribution in [0.3, 0.4) is 0 Å². The van der Waals surface area contributed by atoms with Crippen LogP contribution in [0.5, 0.6) is 0 Å². The first-order chi connectivity index (χ1) is 9.19. The number of piperazine rings is 1. The van der Waals surface area contributed by atoms with E-state index in [0.717, 1.165) is 24.7 Å². The maximum absolute atomic E-state index is 6.39. The summed E-state index contributed by atoms with van der Waals surface area (Å²) in [4.78, 5) is 2.48. The van der Waals surface area contributed by atoms with Gasteiger partial charge in [0.1, 0.15) is 0 Å². The fraction of sp³-hybridized carbons (Fsp3) is 0.625. The molecule has 2 aliphatic rings. The summed E-state index contributed by atoms with van der Waals surface area (Å²) in [5, 5.41) is 4.67. The van der Waals surface area contributed by atoms with Gasteiger partial charge >= 0.3 is 0 Å². The summed E-state index contributed by atoms with van der Waals surface area (Å²) >= 11 is 6.39. The highest BCUT2D eigenvalue weighted by Crippen LogP contribution is 2.34. The summed E-state index contributed by atoms with van der Waals surface area (Å²) in [5.41, 5.74) is 2.84. The van der Waals surface area contributed by atoms with E-state index >= 15 is 0 Å². The zero-order valence-corrected chi connectivity index (χ0v) is 12.5. The van der Waals surface area contributed by atoms with Crippen LogP contribution in [0, 0.1) is 6.92 Å². The number of nitrogens with one attached hydrogen (secondary N) is 1. The molecule has 1 aliphatic heterocycles. The summed E-state index contributed by atoms with van der Waals surface area (Å²) in [6.45, 7) is 5.38. The molecule has 0 bridgehead atoms. The second kappa shape index (κ2) is 5.34. The number of anilines is 1. The molecule has 1 N–H and O–H groups in total. The summed E-state index contributed by atoms with van der Waals surface area (Å²) in [6, 6.07) is 6.34. The molecular formula is C16H23ClN2. The molecule has 1 heterocycles. The lowest BCUT2D eigenvalue weighted by Crippen LogP contribution is -2.61. The Hall–Kier alpha value is -0.730. The predicted molar refractivity (Wildman–Crippen MR) is 82.2 cm³/mol. The highest BCUT2D eigenvalue weighted by Gasteiger charge is 2.36. The molecule has 3 heteroatoms. The van der Waals surface area contributed by atoms with Crippen molar-refractivity contribution in [2.75, 3.05) is 24.5 Å². The molecule has 1 aliphatic carbocycles. The minimum atomic E-state index is 0.337. The average Bonchev–Trinajstić information content (AvgIpc) is 2.42. The van der Waals surface area contributed by atoms with E-state index in [1.54, 1.807) is 0 Å². The van der Waals surface area contributed by atoms with Crippen molar-refractivity contribution in [2.45, 2.75) is 44.6 Å². The maximum atomic E-state index is 6.39. The van der Waals surface area contributed by atoms with E-state index in [-0.39, 0.29) is 0 Å². The van der Waals surface area contributed by atoms with Crippen molar-refractivity contribution in [1.82, 2.24) is 5.32 Å². The molecule has 0 aromatic heterocycles. The number of hydrogen-bond acceptors (Lipinski definition) is 2. The van der Waals surface area contributed by atoms with Crippen molar-refractivity contribution in [1.29, 1.82) is 0 Å². The van der Waals surface area contributed by atoms with Gasteiger partial charge in [0.05, 0.1) is 10.7 Å². The quantitative estimate of drug-likeness (QED) is 0.841. The zero-order chi connectivity index (χ0) is 13.3. The van der Waals surface area contributed by atoms with Crippen molar-refractivity contribution < 1.29 is 0 Å². The third kappa shape index (κ3) is 2.75. The summed E-state index contributed by atoms with van der Waals surface area (Å²) < 4.78 is 0. The van der Waals surface area contributed by atoms with E-state index in [2.05, 4.69) is 29.3 Å². The monoisotopic (exact) mass is 278 g/mol. The molecule has 19 heavy (non-hydrogen) atoms. The second-order valence-corrected chi connectivity index (χ2v) is 6.55. The molecule has 1 aromatic carbocycles. The van der Waals surface area contributed by atoms with Crippen LogP contribution in [0.15, 0.2) is 18.2 Å². The van der Waals surface area contributed by atoms with Crippen LogP contribution in [-0.2, 0) is 0 Å². The molecule has 2 fully saturated rings. The van der Waals surface area contributed by atoms with Gasteiger partial charge in [-0.1, -0.05) is 36.9 Å². The van der Waals surface area contributed by atoms with Gasteiger partial charge in [-0.2, -0.15) is 0 Å². The Morgan fingerprint density at radius 2 is 2.00 bits per heavy atom. The van der Waals surface area contributed by atoms with Crippen molar-refractivity contribution in [3.63, 3.8) is 0 Å².